The lowest BCUT2D eigenvalue weighted by Gasteiger charge is -2.39. The minimum Gasteiger partial charge on any atom is -0.481 e. The number of nitrogens with one attached hydrogen (secondary N) is 2. The highest BCUT2D eigenvalue weighted by Crippen LogP contribution is 2.43. The topological polar surface area (TPSA) is 129 Å². The molecule has 2 aromatic heterocycles. The van der Waals surface area contributed by atoms with Crippen LogP contribution in [0.3, 0.4) is 0 Å². The number of carbonyl (C=O) groups is 1. The van der Waals surface area contributed by atoms with E-state index in [4.69, 9.17) is 37.7 Å². The van der Waals surface area contributed by atoms with Crippen LogP contribution in [0.5, 0.6) is 5.88 Å². The molecule has 2 unspecified atom stereocenters. The molecule has 47 heavy (non-hydrogen) atoms. The molecule has 0 spiro atoms. The van der Waals surface area contributed by atoms with Gasteiger partial charge in [0, 0.05) is 50.1 Å². The Bertz CT molecular complexity index is 1630. The summed E-state index contributed by atoms with van der Waals surface area (Å²) in [5, 5.41) is 24.7. The van der Waals surface area contributed by atoms with Crippen molar-refractivity contribution in [3.05, 3.63) is 106 Å². The fourth-order valence-electron chi connectivity index (χ4n) is 5.69. The number of carbonyl (C=O) groups excluding carboxylic acids is 1. The van der Waals surface area contributed by atoms with Gasteiger partial charge in [-0.15, -0.1) is 11.6 Å². The first-order valence-electron chi connectivity index (χ1n) is 15.2. The average Bonchev–Trinajstić information content (AvgIpc) is 3.06. The molecule has 4 N–H and O–H groups in total. The second-order valence-electron chi connectivity index (χ2n) is 11.5. The Morgan fingerprint density at radius 1 is 1.15 bits per heavy atom. The molecule has 0 radical (unpaired) electrons. The number of ether oxygens (including phenoxy) is 2. The number of likely N-dealkylation sites (tertiary alicyclic amines) is 1. The molecule has 10 nitrogen and oxygen atoms in total. The third kappa shape index (κ3) is 7.68. The fourth-order valence-corrected chi connectivity index (χ4v) is 6.36. The summed E-state index contributed by atoms with van der Waals surface area (Å²) in [4.78, 5) is 25.3. The summed E-state index contributed by atoms with van der Waals surface area (Å²) < 4.78 is 24.6. The quantitative estimate of drug-likeness (QED) is 0.188. The normalized spacial score (nSPS) is 19.8. The lowest BCUT2D eigenvalue weighted by molar-refractivity contribution is 0.0582. The highest BCUT2D eigenvalue weighted by Gasteiger charge is 2.45. The van der Waals surface area contributed by atoms with Gasteiger partial charge in [-0.2, -0.15) is 0 Å². The van der Waals surface area contributed by atoms with Gasteiger partial charge in [0.15, 0.2) is 0 Å². The molecule has 2 atom stereocenters. The van der Waals surface area contributed by atoms with Crippen LogP contribution in [0.4, 0.5) is 4.39 Å². The van der Waals surface area contributed by atoms with Crippen molar-refractivity contribution >= 4 is 34.7 Å². The van der Waals surface area contributed by atoms with E-state index >= 15 is 0 Å². The van der Waals surface area contributed by atoms with Crippen LogP contribution in [0, 0.1) is 0 Å². The molecule has 1 saturated heterocycles. The van der Waals surface area contributed by atoms with E-state index < -0.39 is 29.0 Å². The Balaban J connectivity index is 1.52. The molecule has 250 valence electrons. The van der Waals surface area contributed by atoms with E-state index in [1.54, 1.807) is 43.7 Å². The average molecular weight is 687 g/mol. The van der Waals surface area contributed by atoms with Crippen LogP contribution < -0.4 is 15.4 Å². The number of aliphatic hydroxyl groups is 2. The molecule has 3 heterocycles. The molecule has 5 rings (SSSR count). The summed E-state index contributed by atoms with van der Waals surface area (Å²) in [6.07, 6.45) is 6.17. The highest BCUT2D eigenvalue weighted by molar-refractivity contribution is 6.34. The van der Waals surface area contributed by atoms with Crippen molar-refractivity contribution in [1.29, 1.82) is 0 Å². The van der Waals surface area contributed by atoms with Gasteiger partial charge in [-0.3, -0.25) is 14.7 Å². The molecule has 1 aliphatic heterocycles. The molecule has 1 amide bonds. The summed E-state index contributed by atoms with van der Waals surface area (Å²) in [5.74, 6) is -0.174. The maximum Gasteiger partial charge on any atom is 0.270 e. The maximum absolute atomic E-state index is 14.1. The number of benzene rings is 1. The van der Waals surface area contributed by atoms with Gasteiger partial charge >= 0.3 is 0 Å². The number of allylic oxidation sites excluding steroid dienone is 2. The second-order valence-corrected chi connectivity index (χ2v) is 12.4. The number of hydrogen-bond acceptors (Lipinski definition) is 9. The SMILES string of the molecule is COCc1cc(C(=O)NC2(c3ccc(CN4CC(F)C4)c(OC)n3)C=CC=C(c3ccccc3Cl)C2Cl)ncc1CNC(CO)CO. The first kappa shape index (κ1) is 34.9. The maximum atomic E-state index is 14.1. The molecular weight excluding hydrogens is 648 g/mol. The minimum absolute atomic E-state index is 0.120. The van der Waals surface area contributed by atoms with Crippen molar-refractivity contribution in [2.75, 3.05) is 40.5 Å². The Hall–Kier alpha value is -3.42. The summed E-state index contributed by atoms with van der Waals surface area (Å²) in [6.45, 7) is 1.18. The molecule has 1 aliphatic carbocycles. The number of amides is 1. The van der Waals surface area contributed by atoms with Crippen LogP contribution in [-0.4, -0.2) is 89.1 Å². The third-order valence-electron chi connectivity index (χ3n) is 8.31. The van der Waals surface area contributed by atoms with Gasteiger partial charge in [0.1, 0.15) is 17.4 Å². The first-order valence-corrected chi connectivity index (χ1v) is 16.0. The Morgan fingerprint density at radius 2 is 1.91 bits per heavy atom. The third-order valence-corrected chi connectivity index (χ3v) is 9.22. The molecule has 13 heteroatoms. The van der Waals surface area contributed by atoms with E-state index in [0.717, 1.165) is 11.1 Å². The molecule has 0 saturated carbocycles. The smallest absolute Gasteiger partial charge is 0.270 e. The minimum atomic E-state index is -1.37. The zero-order valence-corrected chi connectivity index (χ0v) is 27.6. The van der Waals surface area contributed by atoms with Gasteiger partial charge < -0.3 is 30.3 Å². The molecule has 3 aromatic rings. The zero-order valence-electron chi connectivity index (χ0n) is 26.1. The lowest BCUT2D eigenvalue weighted by Crippen LogP contribution is -2.52. The van der Waals surface area contributed by atoms with Gasteiger partial charge in [0.25, 0.3) is 5.91 Å². The number of methoxy groups -OCH3 is 2. The number of hydrogen-bond donors (Lipinski definition) is 4. The largest absolute Gasteiger partial charge is 0.481 e. The number of nitrogens with zero attached hydrogens (tertiary/aromatic N) is 3. The van der Waals surface area contributed by atoms with Gasteiger partial charge in [-0.05, 0) is 40.5 Å². The summed E-state index contributed by atoms with van der Waals surface area (Å²) in [5.41, 5.74) is 2.78. The standard InChI is InChI=1S/C34H38Cl2FN5O5/c1-46-20-22-12-29(39-14-23(22)13-38-25(18-43)19-44)32(45)41-34(11-5-7-27(31(34)36)26-6-3-4-8-28(26)35)30-10-9-21(33(40-30)47-2)15-42-16-24(37)17-42/h3-12,14,24-25,31,38,43-44H,13,15-20H2,1-2H3,(H,41,45). The van der Waals surface area contributed by atoms with Crippen LogP contribution in [0.2, 0.25) is 5.02 Å². The number of aliphatic hydroxyl groups excluding tert-OH is 2. The fraction of sp³-hybridized carbons (Fsp3) is 0.382. The van der Waals surface area contributed by atoms with Crippen molar-refractivity contribution in [2.45, 2.75) is 42.8 Å². The van der Waals surface area contributed by atoms with Crippen molar-refractivity contribution in [1.82, 2.24) is 25.5 Å². The highest BCUT2D eigenvalue weighted by atomic mass is 35.5. The molecule has 1 aromatic carbocycles. The zero-order chi connectivity index (χ0) is 33.6. The van der Waals surface area contributed by atoms with E-state index in [0.29, 0.717) is 59.5 Å². The molecular formula is C34H38Cl2FN5O5. The number of rotatable bonds is 14. The number of aromatic nitrogens is 2. The van der Waals surface area contributed by atoms with Crippen LogP contribution in [0.1, 0.15) is 38.4 Å². The van der Waals surface area contributed by atoms with Gasteiger partial charge in [-0.25, -0.2) is 9.37 Å². The van der Waals surface area contributed by atoms with E-state index in [1.807, 2.05) is 35.2 Å². The van der Waals surface area contributed by atoms with Crippen molar-refractivity contribution < 1.29 is 28.9 Å². The van der Waals surface area contributed by atoms with E-state index in [-0.39, 0.29) is 25.5 Å². The van der Waals surface area contributed by atoms with Gasteiger partial charge in [-0.1, -0.05) is 54.1 Å². The Labute approximate surface area is 283 Å². The van der Waals surface area contributed by atoms with Crippen LogP contribution in [-0.2, 0) is 30.0 Å². The monoisotopic (exact) mass is 685 g/mol. The summed E-state index contributed by atoms with van der Waals surface area (Å²) in [6, 6.07) is 12.1. The molecule has 1 fully saturated rings. The van der Waals surface area contributed by atoms with Crippen LogP contribution in [0.15, 0.2) is 66.9 Å². The van der Waals surface area contributed by atoms with Gasteiger partial charge in [0.2, 0.25) is 5.88 Å². The molecule has 0 bridgehead atoms. The predicted octanol–water partition coefficient (Wildman–Crippen LogP) is 3.77. The first-order chi connectivity index (χ1) is 22.7. The van der Waals surface area contributed by atoms with Crippen LogP contribution in [0.25, 0.3) is 5.57 Å². The van der Waals surface area contributed by atoms with Gasteiger partial charge in [0.05, 0.1) is 44.0 Å². The number of pyridine rings is 2. The van der Waals surface area contributed by atoms with E-state index in [1.165, 1.54) is 7.11 Å². The Kier molecular flexibility index (Phi) is 11.6. The molecule has 2 aliphatic rings. The second kappa shape index (κ2) is 15.7. The Morgan fingerprint density at radius 3 is 2.60 bits per heavy atom. The summed E-state index contributed by atoms with van der Waals surface area (Å²) >= 11 is 13.9. The van der Waals surface area contributed by atoms with E-state index in [9.17, 15) is 19.4 Å². The van der Waals surface area contributed by atoms with Crippen LogP contribution >= 0.6 is 23.2 Å². The number of halogens is 3. The lowest BCUT2D eigenvalue weighted by atomic mass is 9.80. The number of alkyl halides is 2. The van der Waals surface area contributed by atoms with Crippen molar-refractivity contribution in [3.8, 4) is 5.88 Å². The summed E-state index contributed by atoms with van der Waals surface area (Å²) in [7, 11) is 3.06. The van der Waals surface area contributed by atoms with E-state index in [2.05, 4.69) is 15.6 Å². The van der Waals surface area contributed by atoms with Crippen molar-refractivity contribution in [3.63, 3.8) is 0 Å². The predicted molar refractivity (Wildman–Crippen MR) is 178 cm³/mol. The van der Waals surface area contributed by atoms with Crippen molar-refractivity contribution in [2.24, 2.45) is 0 Å².